The van der Waals surface area contributed by atoms with E-state index in [1.165, 1.54) is 0 Å². The third kappa shape index (κ3) is 1.45. The van der Waals surface area contributed by atoms with E-state index in [1.807, 2.05) is 0 Å². The first-order valence-electron chi connectivity index (χ1n) is 4.73. The van der Waals surface area contributed by atoms with Crippen LogP contribution in [0.1, 0.15) is 12.0 Å². The Kier molecular flexibility index (Phi) is 2.31. The Labute approximate surface area is 93.2 Å². The summed E-state index contributed by atoms with van der Waals surface area (Å²) in [5, 5.41) is 9.87. The first kappa shape index (κ1) is 10.2. The Balaban J connectivity index is 2.40. The van der Waals surface area contributed by atoms with Crippen LogP contribution in [-0.4, -0.2) is 11.1 Å². The van der Waals surface area contributed by atoms with Gasteiger partial charge >= 0.3 is 5.97 Å². The molecule has 15 heavy (non-hydrogen) atoms. The molecule has 0 aliphatic heterocycles. The minimum atomic E-state index is -0.783. The average Bonchev–Trinajstić information content (AvgIpc) is 2.94. The predicted molar refractivity (Wildman–Crippen MR) is 59.1 cm³/mol. The minimum absolute atomic E-state index is 0.0381. The Hall–Kier alpha value is -1.28. The van der Waals surface area contributed by atoms with E-state index in [0.29, 0.717) is 11.4 Å². The van der Waals surface area contributed by atoms with Gasteiger partial charge in [-0.1, -0.05) is 29.8 Å². The Morgan fingerprint density at radius 2 is 2.13 bits per heavy atom. The molecule has 0 heterocycles. The van der Waals surface area contributed by atoms with Crippen molar-refractivity contribution in [3.05, 3.63) is 47.5 Å². The Bertz CT molecular complexity index is 410. The molecule has 0 radical (unpaired) electrons. The number of halogens is 1. The quantitative estimate of drug-likeness (QED) is 0.799. The van der Waals surface area contributed by atoms with Gasteiger partial charge in [0.2, 0.25) is 0 Å². The van der Waals surface area contributed by atoms with E-state index < -0.39 is 11.4 Å². The molecule has 0 saturated heterocycles. The standard InChI is InChI=1S/C12H11ClO2/c1-2-8-7-12(8,11(14)15)9-3-5-10(13)6-4-9/h2-6,8H,1,7H2,(H,14,15). The molecule has 1 aliphatic rings. The van der Waals surface area contributed by atoms with E-state index in [2.05, 4.69) is 6.58 Å². The van der Waals surface area contributed by atoms with Crippen molar-refractivity contribution < 1.29 is 9.90 Å². The van der Waals surface area contributed by atoms with E-state index in [1.54, 1.807) is 30.3 Å². The fourth-order valence-corrected chi connectivity index (χ4v) is 2.15. The Morgan fingerprint density at radius 3 is 2.53 bits per heavy atom. The lowest BCUT2D eigenvalue weighted by Gasteiger charge is -2.11. The van der Waals surface area contributed by atoms with Crippen LogP contribution in [0, 0.1) is 5.92 Å². The molecule has 2 atom stereocenters. The van der Waals surface area contributed by atoms with Crippen molar-refractivity contribution in [2.75, 3.05) is 0 Å². The third-order valence-electron chi connectivity index (χ3n) is 3.04. The SMILES string of the molecule is C=CC1CC1(C(=O)O)c1ccc(Cl)cc1. The molecule has 2 rings (SSSR count). The third-order valence-corrected chi connectivity index (χ3v) is 3.29. The molecule has 2 nitrogen and oxygen atoms in total. The summed E-state index contributed by atoms with van der Waals surface area (Å²) in [5.41, 5.74) is 0.0519. The van der Waals surface area contributed by atoms with Gasteiger partial charge in [0, 0.05) is 5.02 Å². The van der Waals surface area contributed by atoms with Gasteiger partial charge in [-0.2, -0.15) is 0 Å². The largest absolute Gasteiger partial charge is 0.481 e. The minimum Gasteiger partial charge on any atom is -0.481 e. The summed E-state index contributed by atoms with van der Waals surface area (Å²) in [4.78, 5) is 11.3. The lowest BCUT2D eigenvalue weighted by Crippen LogP contribution is -2.21. The van der Waals surface area contributed by atoms with Gasteiger partial charge in [-0.25, -0.2) is 0 Å². The number of carboxylic acids is 1. The molecule has 1 N–H and O–H groups in total. The smallest absolute Gasteiger partial charge is 0.314 e. The van der Waals surface area contributed by atoms with Gasteiger partial charge in [0.25, 0.3) is 0 Å². The summed E-state index contributed by atoms with van der Waals surface area (Å²) in [7, 11) is 0. The normalized spacial score (nSPS) is 28.5. The molecular formula is C12H11ClO2. The number of carbonyl (C=O) groups is 1. The maximum atomic E-state index is 11.3. The zero-order valence-corrected chi connectivity index (χ0v) is 8.87. The highest BCUT2D eigenvalue weighted by Gasteiger charge is 2.60. The van der Waals surface area contributed by atoms with E-state index in [4.69, 9.17) is 11.6 Å². The molecule has 3 heteroatoms. The zero-order valence-electron chi connectivity index (χ0n) is 8.11. The van der Waals surface area contributed by atoms with Gasteiger partial charge in [-0.15, -0.1) is 6.58 Å². The van der Waals surface area contributed by atoms with E-state index in [-0.39, 0.29) is 5.92 Å². The molecule has 1 aromatic rings. The van der Waals surface area contributed by atoms with Crippen LogP contribution in [0.3, 0.4) is 0 Å². The van der Waals surface area contributed by atoms with Crippen molar-refractivity contribution in [2.24, 2.45) is 5.92 Å². The second-order valence-corrected chi connectivity index (χ2v) is 4.27. The molecule has 0 spiro atoms. The predicted octanol–water partition coefficient (Wildman–Crippen LogP) is 2.87. The van der Waals surface area contributed by atoms with Gasteiger partial charge in [0.15, 0.2) is 0 Å². The summed E-state index contributed by atoms with van der Waals surface area (Å²) in [6, 6.07) is 7.00. The molecule has 1 saturated carbocycles. The van der Waals surface area contributed by atoms with Crippen LogP contribution in [0.5, 0.6) is 0 Å². The summed E-state index contributed by atoms with van der Waals surface area (Å²) in [6.07, 6.45) is 2.34. The van der Waals surface area contributed by atoms with Crippen molar-refractivity contribution in [1.29, 1.82) is 0 Å². The summed E-state index contributed by atoms with van der Waals surface area (Å²) in [6.45, 7) is 3.65. The topological polar surface area (TPSA) is 37.3 Å². The molecule has 1 aliphatic carbocycles. The number of allylic oxidation sites excluding steroid dienone is 1. The van der Waals surface area contributed by atoms with Crippen molar-refractivity contribution in [3.63, 3.8) is 0 Å². The lowest BCUT2D eigenvalue weighted by atomic mass is 9.93. The first-order valence-corrected chi connectivity index (χ1v) is 5.11. The van der Waals surface area contributed by atoms with Crippen LogP contribution in [-0.2, 0) is 10.2 Å². The number of rotatable bonds is 3. The fraction of sp³-hybridized carbons (Fsp3) is 0.250. The van der Waals surface area contributed by atoms with Crippen LogP contribution >= 0.6 is 11.6 Å². The van der Waals surface area contributed by atoms with Crippen molar-refractivity contribution >= 4 is 17.6 Å². The second-order valence-electron chi connectivity index (χ2n) is 3.83. The number of benzene rings is 1. The van der Waals surface area contributed by atoms with Crippen molar-refractivity contribution in [2.45, 2.75) is 11.8 Å². The van der Waals surface area contributed by atoms with Crippen LogP contribution in [0.25, 0.3) is 0 Å². The van der Waals surface area contributed by atoms with Crippen LogP contribution < -0.4 is 0 Å². The second kappa shape index (κ2) is 3.38. The van der Waals surface area contributed by atoms with Gasteiger partial charge in [0.05, 0.1) is 5.41 Å². The zero-order chi connectivity index (χ0) is 11.1. The van der Waals surface area contributed by atoms with Gasteiger partial charge in [0.1, 0.15) is 0 Å². The van der Waals surface area contributed by atoms with E-state index in [0.717, 1.165) is 5.56 Å². The van der Waals surface area contributed by atoms with Gasteiger partial charge in [-0.05, 0) is 30.0 Å². The number of hydrogen-bond donors (Lipinski definition) is 1. The average molecular weight is 223 g/mol. The first-order chi connectivity index (χ1) is 7.11. The molecule has 0 bridgehead atoms. The van der Waals surface area contributed by atoms with Crippen molar-refractivity contribution in [1.82, 2.24) is 0 Å². The number of aliphatic carboxylic acids is 1. The molecule has 1 aromatic carbocycles. The van der Waals surface area contributed by atoms with E-state index in [9.17, 15) is 9.90 Å². The van der Waals surface area contributed by atoms with E-state index >= 15 is 0 Å². The highest BCUT2D eigenvalue weighted by molar-refractivity contribution is 6.30. The molecule has 78 valence electrons. The number of carboxylic acid groups (broad SMARTS) is 1. The Morgan fingerprint density at radius 1 is 1.53 bits per heavy atom. The molecule has 2 unspecified atom stereocenters. The summed E-state index contributed by atoms with van der Waals surface area (Å²) < 4.78 is 0. The molecular weight excluding hydrogens is 212 g/mol. The van der Waals surface area contributed by atoms with Crippen LogP contribution in [0.15, 0.2) is 36.9 Å². The van der Waals surface area contributed by atoms with Crippen LogP contribution in [0.4, 0.5) is 0 Å². The highest BCUT2D eigenvalue weighted by atomic mass is 35.5. The lowest BCUT2D eigenvalue weighted by molar-refractivity contribution is -0.140. The maximum Gasteiger partial charge on any atom is 0.314 e. The van der Waals surface area contributed by atoms with Gasteiger partial charge in [-0.3, -0.25) is 4.79 Å². The number of hydrogen-bond acceptors (Lipinski definition) is 1. The molecule has 0 amide bonds. The maximum absolute atomic E-state index is 11.3. The monoisotopic (exact) mass is 222 g/mol. The van der Waals surface area contributed by atoms with Crippen LogP contribution in [0.2, 0.25) is 5.02 Å². The summed E-state index contributed by atoms with van der Waals surface area (Å²) in [5.74, 6) is -0.745. The van der Waals surface area contributed by atoms with Gasteiger partial charge < -0.3 is 5.11 Å². The molecule has 1 fully saturated rings. The molecule has 0 aromatic heterocycles. The fourth-order valence-electron chi connectivity index (χ4n) is 2.02. The highest BCUT2D eigenvalue weighted by Crippen LogP contribution is 2.55. The van der Waals surface area contributed by atoms with Crippen molar-refractivity contribution in [3.8, 4) is 0 Å². The summed E-state index contributed by atoms with van der Waals surface area (Å²) >= 11 is 5.76.